The minimum atomic E-state index is -0.834. The van der Waals surface area contributed by atoms with Gasteiger partial charge in [0.1, 0.15) is 17.1 Å². The molecule has 0 aliphatic rings. The molecule has 1 amide bonds. The normalized spacial score (nSPS) is 11.6. The molecule has 0 heterocycles. The Balaban J connectivity index is 1.93. The van der Waals surface area contributed by atoms with Crippen LogP contribution in [0, 0.1) is 0 Å². The molecule has 0 fully saturated rings. The van der Waals surface area contributed by atoms with Crippen LogP contribution in [0.2, 0.25) is 0 Å². The van der Waals surface area contributed by atoms with Crippen LogP contribution >= 0.6 is 0 Å². The van der Waals surface area contributed by atoms with Crippen molar-refractivity contribution in [2.75, 3.05) is 6.61 Å². The van der Waals surface area contributed by atoms with Crippen LogP contribution in [0.25, 0.3) is 0 Å². The molecule has 0 saturated heterocycles. The summed E-state index contributed by atoms with van der Waals surface area (Å²) in [7, 11) is 0. The van der Waals surface area contributed by atoms with Gasteiger partial charge in [-0.25, -0.2) is 4.79 Å². The van der Waals surface area contributed by atoms with Gasteiger partial charge in [-0.3, -0.25) is 4.79 Å². The summed E-state index contributed by atoms with van der Waals surface area (Å²) in [4.78, 5) is 24.0. The SMILES string of the molecule is CCC[C@H](NC(=O)COC(=O)c1ccc(O)cc1O)c1ccccc1. The first kappa shape index (κ1) is 18.3. The first-order chi connectivity index (χ1) is 12.0. The highest BCUT2D eigenvalue weighted by atomic mass is 16.5. The molecule has 0 aliphatic carbocycles. The topological polar surface area (TPSA) is 95.9 Å². The summed E-state index contributed by atoms with van der Waals surface area (Å²) in [5.74, 6) is -1.83. The Morgan fingerprint density at radius 3 is 2.48 bits per heavy atom. The van der Waals surface area contributed by atoms with Crippen molar-refractivity contribution < 1.29 is 24.5 Å². The van der Waals surface area contributed by atoms with Crippen molar-refractivity contribution in [1.29, 1.82) is 0 Å². The Kier molecular flexibility index (Phi) is 6.39. The molecule has 0 aromatic heterocycles. The Morgan fingerprint density at radius 1 is 1.12 bits per heavy atom. The quantitative estimate of drug-likeness (QED) is 0.672. The van der Waals surface area contributed by atoms with Gasteiger partial charge in [0.2, 0.25) is 0 Å². The minimum absolute atomic E-state index is 0.112. The lowest BCUT2D eigenvalue weighted by atomic mass is 10.0. The van der Waals surface area contributed by atoms with Crippen molar-refractivity contribution in [2.24, 2.45) is 0 Å². The number of phenolic OH excluding ortho intramolecular Hbond substituents is 2. The van der Waals surface area contributed by atoms with Crippen LogP contribution in [0.3, 0.4) is 0 Å². The third-order valence-corrected chi connectivity index (χ3v) is 3.65. The number of hydrogen-bond acceptors (Lipinski definition) is 5. The maximum absolute atomic E-state index is 12.1. The average molecular weight is 343 g/mol. The van der Waals surface area contributed by atoms with Gasteiger partial charge in [0.15, 0.2) is 6.61 Å². The van der Waals surface area contributed by atoms with E-state index in [4.69, 9.17) is 4.74 Å². The largest absolute Gasteiger partial charge is 0.508 e. The molecule has 1 atom stereocenters. The van der Waals surface area contributed by atoms with E-state index in [1.807, 2.05) is 37.3 Å². The van der Waals surface area contributed by atoms with Crippen LogP contribution in [-0.4, -0.2) is 28.7 Å². The fourth-order valence-corrected chi connectivity index (χ4v) is 2.43. The van der Waals surface area contributed by atoms with Gasteiger partial charge in [-0.05, 0) is 24.1 Å². The summed E-state index contributed by atoms with van der Waals surface area (Å²) in [5, 5.41) is 21.7. The number of esters is 1. The molecule has 0 spiro atoms. The number of nitrogens with one attached hydrogen (secondary N) is 1. The van der Waals surface area contributed by atoms with Gasteiger partial charge in [-0.15, -0.1) is 0 Å². The fourth-order valence-electron chi connectivity index (χ4n) is 2.43. The van der Waals surface area contributed by atoms with E-state index in [-0.39, 0.29) is 17.4 Å². The number of hydrogen-bond donors (Lipinski definition) is 3. The molecular formula is C19H21NO5. The second kappa shape index (κ2) is 8.73. The van der Waals surface area contributed by atoms with Gasteiger partial charge in [-0.1, -0.05) is 43.7 Å². The van der Waals surface area contributed by atoms with Crippen molar-refractivity contribution in [2.45, 2.75) is 25.8 Å². The molecule has 6 heteroatoms. The van der Waals surface area contributed by atoms with Gasteiger partial charge in [0.25, 0.3) is 5.91 Å². The summed E-state index contributed by atoms with van der Waals surface area (Å²) in [6.07, 6.45) is 1.66. The molecule has 0 radical (unpaired) electrons. The van der Waals surface area contributed by atoms with Crippen LogP contribution in [0.4, 0.5) is 0 Å². The zero-order chi connectivity index (χ0) is 18.2. The van der Waals surface area contributed by atoms with Gasteiger partial charge in [-0.2, -0.15) is 0 Å². The maximum Gasteiger partial charge on any atom is 0.342 e. The predicted octanol–water partition coefficient (Wildman–Crippen LogP) is 2.91. The highest BCUT2D eigenvalue weighted by Gasteiger charge is 2.17. The van der Waals surface area contributed by atoms with E-state index >= 15 is 0 Å². The second-order valence-corrected chi connectivity index (χ2v) is 5.60. The fraction of sp³-hybridized carbons (Fsp3) is 0.263. The van der Waals surface area contributed by atoms with Crippen molar-refractivity contribution >= 4 is 11.9 Å². The summed E-state index contributed by atoms with van der Waals surface area (Å²) in [6, 6.07) is 12.9. The Hall–Kier alpha value is -3.02. The van der Waals surface area contributed by atoms with Crippen LogP contribution in [-0.2, 0) is 9.53 Å². The number of ether oxygens (including phenoxy) is 1. The number of amides is 1. The Morgan fingerprint density at radius 2 is 1.84 bits per heavy atom. The molecule has 2 aromatic rings. The Labute approximate surface area is 146 Å². The molecule has 2 aromatic carbocycles. The minimum Gasteiger partial charge on any atom is -0.508 e. The first-order valence-electron chi connectivity index (χ1n) is 8.04. The average Bonchev–Trinajstić information content (AvgIpc) is 2.60. The van der Waals surface area contributed by atoms with Crippen LogP contribution in [0.5, 0.6) is 11.5 Å². The molecular weight excluding hydrogens is 322 g/mol. The summed E-state index contributed by atoms with van der Waals surface area (Å²) >= 11 is 0. The van der Waals surface area contributed by atoms with Crippen molar-refractivity contribution in [3.8, 4) is 11.5 Å². The smallest absolute Gasteiger partial charge is 0.342 e. The van der Waals surface area contributed by atoms with Gasteiger partial charge in [0.05, 0.1) is 6.04 Å². The van der Waals surface area contributed by atoms with Gasteiger partial charge in [0, 0.05) is 6.07 Å². The summed E-state index contributed by atoms with van der Waals surface area (Å²) < 4.78 is 4.93. The van der Waals surface area contributed by atoms with Crippen LogP contribution in [0.15, 0.2) is 48.5 Å². The molecule has 0 aliphatic heterocycles. The lowest BCUT2D eigenvalue weighted by Gasteiger charge is -2.18. The molecule has 0 saturated carbocycles. The third kappa shape index (κ3) is 5.24. The van der Waals surface area contributed by atoms with Crippen molar-refractivity contribution in [3.63, 3.8) is 0 Å². The van der Waals surface area contributed by atoms with E-state index < -0.39 is 24.2 Å². The van der Waals surface area contributed by atoms with Gasteiger partial charge >= 0.3 is 5.97 Å². The third-order valence-electron chi connectivity index (χ3n) is 3.65. The van der Waals surface area contributed by atoms with E-state index in [2.05, 4.69) is 5.32 Å². The molecule has 0 unspecified atom stereocenters. The first-order valence-corrected chi connectivity index (χ1v) is 8.04. The second-order valence-electron chi connectivity index (χ2n) is 5.60. The van der Waals surface area contributed by atoms with Crippen LogP contribution in [0.1, 0.15) is 41.7 Å². The molecule has 0 bridgehead atoms. The van der Waals surface area contributed by atoms with E-state index in [9.17, 15) is 19.8 Å². The summed E-state index contributed by atoms with van der Waals surface area (Å²) in [5.41, 5.74) is 0.874. The molecule has 2 rings (SSSR count). The lowest BCUT2D eigenvalue weighted by molar-refractivity contribution is -0.125. The number of benzene rings is 2. The lowest BCUT2D eigenvalue weighted by Crippen LogP contribution is -2.32. The number of aromatic hydroxyl groups is 2. The van der Waals surface area contributed by atoms with Crippen molar-refractivity contribution in [1.82, 2.24) is 5.32 Å². The summed E-state index contributed by atoms with van der Waals surface area (Å²) in [6.45, 7) is 1.57. The molecule has 132 valence electrons. The van der Waals surface area contributed by atoms with E-state index in [1.165, 1.54) is 12.1 Å². The molecule has 6 nitrogen and oxygen atoms in total. The monoisotopic (exact) mass is 343 g/mol. The van der Waals surface area contributed by atoms with Crippen molar-refractivity contribution in [3.05, 3.63) is 59.7 Å². The molecule has 3 N–H and O–H groups in total. The zero-order valence-corrected chi connectivity index (χ0v) is 13.9. The highest BCUT2D eigenvalue weighted by Crippen LogP contribution is 2.23. The van der Waals surface area contributed by atoms with Crippen LogP contribution < -0.4 is 5.32 Å². The van der Waals surface area contributed by atoms with E-state index in [0.717, 1.165) is 24.5 Å². The number of rotatable bonds is 7. The molecule has 25 heavy (non-hydrogen) atoms. The number of carbonyl (C=O) groups excluding carboxylic acids is 2. The standard InChI is InChI=1S/C19H21NO5/c1-2-6-16(13-7-4-3-5-8-13)20-18(23)12-25-19(24)15-10-9-14(21)11-17(15)22/h3-5,7-11,16,21-22H,2,6,12H2,1H3,(H,20,23)/t16-/m0/s1. The number of carbonyl (C=O) groups is 2. The van der Waals surface area contributed by atoms with E-state index in [1.54, 1.807) is 0 Å². The highest BCUT2D eigenvalue weighted by molar-refractivity contribution is 5.94. The number of phenols is 2. The predicted molar refractivity (Wildman–Crippen MR) is 92.3 cm³/mol. The van der Waals surface area contributed by atoms with Gasteiger partial charge < -0.3 is 20.3 Å². The Bertz CT molecular complexity index is 730. The maximum atomic E-state index is 12.1. The zero-order valence-electron chi connectivity index (χ0n) is 13.9. The van der Waals surface area contributed by atoms with E-state index in [0.29, 0.717) is 0 Å².